The Morgan fingerprint density at radius 2 is 2.05 bits per heavy atom. The molecule has 0 fully saturated rings. The fraction of sp³-hybridized carbons (Fsp3) is 0.0769. The van der Waals surface area contributed by atoms with Crippen molar-refractivity contribution in [3.63, 3.8) is 0 Å². The Labute approximate surface area is 113 Å². The minimum absolute atomic E-state index is 0.502. The number of anilines is 1. The second kappa shape index (κ2) is 5.71. The van der Waals surface area contributed by atoms with E-state index in [2.05, 4.69) is 0 Å². The number of nitro benzene ring substituents is 1. The molecule has 2 rings (SSSR count). The molecule has 0 spiro atoms. The summed E-state index contributed by atoms with van der Waals surface area (Å²) in [6.45, 7) is 0. The monoisotopic (exact) mass is 278 g/mol. The van der Waals surface area contributed by atoms with Gasteiger partial charge in [-0.1, -0.05) is 12.1 Å². The third-order valence-corrected chi connectivity index (χ3v) is 3.54. The van der Waals surface area contributed by atoms with E-state index in [-0.39, 0.29) is 0 Å². The summed E-state index contributed by atoms with van der Waals surface area (Å²) >= 11 is 1.49. The molecule has 0 amide bonds. The summed E-state index contributed by atoms with van der Waals surface area (Å²) in [5.41, 5.74) is 6.51. The van der Waals surface area contributed by atoms with Crippen molar-refractivity contribution in [1.29, 1.82) is 0 Å². The highest BCUT2D eigenvalue weighted by atomic mass is 32.2. The molecule has 4 nitrogen and oxygen atoms in total. The van der Waals surface area contributed by atoms with Crippen molar-refractivity contribution in [2.45, 2.75) is 10.6 Å². The molecule has 0 saturated heterocycles. The van der Waals surface area contributed by atoms with Crippen LogP contribution in [0.3, 0.4) is 0 Å². The van der Waals surface area contributed by atoms with Crippen LogP contribution in [-0.4, -0.2) is 4.92 Å². The Morgan fingerprint density at radius 1 is 1.26 bits per heavy atom. The van der Waals surface area contributed by atoms with Crippen LogP contribution >= 0.6 is 11.8 Å². The van der Waals surface area contributed by atoms with Crippen LogP contribution in [0.15, 0.2) is 47.4 Å². The van der Waals surface area contributed by atoms with Crippen molar-refractivity contribution in [3.05, 3.63) is 64.0 Å². The maximum atomic E-state index is 13.4. The van der Waals surface area contributed by atoms with E-state index < -0.39 is 16.4 Å². The molecule has 0 aromatic heterocycles. The first-order valence-corrected chi connectivity index (χ1v) is 6.46. The SMILES string of the molecule is Nc1cccc(SCc2ccc([N+](=O)[O-])c(F)c2)c1. The molecule has 0 saturated carbocycles. The van der Waals surface area contributed by atoms with Gasteiger partial charge in [-0.15, -0.1) is 11.8 Å². The van der Waals surface area contributed by atoms with E-state index in [1.807, 2.05) is 18.2 Å². The molecule has 6 heteroatoms. The molecule has 0 atom stereocenters. The van der Waals surface area contributed by atoms with Gasteiger partial charge in [0.15, 0.2) is 0 Å². The molecule has 0 aliphatic carbocycles. The van der Waals surface area contributed by atoms with Crippen molar-refractivity contribution in [1.82, 2.24) is 0 Å². The Kier molecular flexibility index (Phi) is 4.01. The van der Waals surface area contributed by atoms with Crippen molar-refractivity contribution in [2.24, 2.45) is 0 Å². The number of nitrogens with zero attached hydrogens (tertiary/aromatic N) is 1. The predicted octanol–water partition coefficient (Wildman–Crippen LogP) is 3.61. The lowest BCUT2D eigenvalue weighted by Crippen LogP contribution is -1.93. The quantitative estimate of drug-likeness (QED) is 0.401. The van der Waals surface area contributed by atoms with Crippen molar-refractivity contribution in [2.75, 3.05) is 5.73 Å². The Hall–Kier alpha value is -2.08. The third-order valence-electron chi connectivity index (χ3n) is 2.47. The maximum absolute atomic E-state index is 13.4. The molecule has 0 aliphatic rings. The second-order valence-corrected chi connectivity index (χ2v) is 4.95. The van der Waals surface area contributed by atoms with Crippen molar-refractivity contribution in [3.8, 4) is 0 Å². The van der Waals surface area contributed by atoms with E-state index in [0.717, 1.165) is 4.90 Å². The van der Waals surface area contributed by atoms with Crippen LogP contribution in [0.2, 0.25) is 0 Å². The van der Waals surface area contributed by atoms with E-state index in [0.29, 0.717) is 17.0 Å². The van der Waals surface area contributed by atoms with Crippen molar-refractivity contribution >= 4 is 23.1 Å². The predicted molar refractivity (Wildman–Crippen MR) is 73.5 cm³/mol. The summed E-state index contributed by atoms with van der Waals surface area (Å²) in [5, 5.41) is 10.5. The first kappa shape index (κ1) is 13.4. The fourth-order valence-corrected chi connectivity index (χ4v) is 2.47. The number of hydrogen-bond donors (Lipinski definition) is 1. The van der Waals surface area contributed by atoms with E-state index in [1.54, 1.807) is 12.1 Å². The number of hydrogen-bond acceptors (Lipinski definition) is 4. The number of nitrogens with two attached hydrogens (primary N) is 1. The first-order chi connectivity index (χ1) is 9.06. The number of halogens is 1. The average molecular weight is 278 g/mol. The lowest BCUT2D eigenvalue weighted by Gasteiger charge is -2.03. The molecular weight excluding hydrogens is 267 g/mol. The highest BCUT2D eigenvalue weighted by Gasteiger charge is 2.13. The molecule has 0 bridgehead atoms. The largest absolute Gasteiger partial charge is 0.399 e. The van der Waals surface area contributed by atoms with Crippen LogP contribution in [0.5, 0.6) is 0 Å². The van der Waals surface area contributed by atoms with Gasteiger partial charge in [-0.05, 0) is 29.8 Å². The van der Waals surface area contributed by atoms with Gasteiger partial charge in [0.1, 0.15) is 0 Å². The average Bonchev–Trinajstić information content (AvgIpc) is 2.36. The van der Waals surface area contributed by atoms with Gasteiger partial charge in [0.2, 0.25) is 5.82 Å². The van der Waals surface area contributed by atoms with Crippen LogP contribution in [0.25, 0.3) is 0 Å². The normalized spacial score (nSPS) is 10.4. The van der Waals surface area contributed by atoms with E-state index in [1.165, 1.54) is 23.9 Å². The van der Waals surface area contributed by atoms with Crippen LogP contribution in [-0.2, 0) is 5.75 Å². The molecule has 2 N–H and O–H groups in total. The number of rotatable bonds is 4. The Morgan fingerprint density at radius 3 is 2.68 bits per heavy atom. The number of benzene rings is 2. The Bertz CT molecular complexity index is 619. The number of nitro groups is 1. The van der Waals surface area contributed by atoms with Crippen LogP contribution in [0.1, 0.15) is 5.56 Å². The lowest BCUT2D eigenvalue weighted by atomic mass is 10.2. The molecule has 0 radical (unpaired) electrons. The summed E-state index contributed by atoms with van der Waals surface area (Å²) in [7, 11) is 0. The van der Waals surface area contributed by atoms with Gasteiger partial charge < -0.3 is 5.73 Å². The third kappa shape index (κ3) is 3.45. The van der Waals surface area contributed by atoms with Crippen LogP contribution in [0, 0.1) is 15.9 Å². The molecular formula is C13H11FN2O2S. The van der Waals surface area contributed by atoms with E-state index in [9.17, 15) is 14.5 Å². The van der Waals surface area contributed by atoms with Gasteiger partial charge in [0, 0.05) is 22.4 Å². The summed E-state index contributed by atoms with van der Waals surface area (Å²) in [5.74, 6) is -0.283. The number of thioether (sulfide) groups is 1. The summed E-state index contributed by atoms with van der Waals surface area (Å²) in [6.07, 6.45) is 0. The molecule has 98 valence electrons. The summed E-state index contributed by atoms with van der Waals surface area (Å²) in [6, 6.07) is 11.3. The van der Waals surface area contributed by atoms with Gasteiger partial charge in [0.05, 0.1) is 4.92 Å². The molecule has 0 unspecified atom stereocenters. The Balaban J connectivity index is 2.08. The highest BCUT2D eigenvalue weighted by molar-refractivity contribution is 7.98. The van der Waals surface area contributed by atoms with Crippen LogP contribution in [0.4, 0.5) is 15.8 Å². The zero-order chi connectivity index (χ0) is 13.8. The van der Waals surface area contributed by atoms with Gasteiger partial charge in [0.25, 0.3) is 0 Å². The maximum Gasteiger partial charge on any atom is 0.304 e. The molecule has 2 aromatic carbocycles. The molecule has 0 aliphatic heterocycles. The zero-order valence-electron chi connectivity index (χ0n) is 9.88. The second-order valence-electron chi connectivity index (χ2n) is 3.90. The van der Waals surface area contributed by atoms with E-state index >= 15 is 0 Å². The van der Waals surface area contributed by atoms with Crippen molar-refractivity contribution < 1.29 is 9.31 Å². The summed E-state index contributed by atoms with van der Waals surface area (Å²) in [4.78, 5) is 10.7. The highest BCUT2D eigenvalue weighted by Crippen LogP contribution is 2.26. The molecule has 19 heavy (non-hydrogen) atoms. The molecule has 0 heterocycles. The fourth-order valence-electron chi connectivity index (χ4n) is 1.56. The lowest BCUT2D eigenvalue weighted by molar-refractivity contribution is -0.387. The minimum Gasteiger partial charge on any atom is -0.399 e. The topological polar surface area (TPSA) is 69.2 Å². The van der Waals surface area contributed by atoms with E-state index in [4.69, 9.17) is 5.73 Å². The van der Waals surface area contributed by atoms with Crippen LogP contribution < -0.4 is 5.73 Å². The minimum atomic E-state index is -0.810. The smallest absolute Gasteiger partial charge is 0.304 e. The van der Waals surface area contributed by atoms with Gasteiger partial charge >= 0.3 is 5.69 Å². The van der Waals surface area contributed by atoms with Gasteiger partial charge in [-0.2, -0.15) is 4.39 Å². The number of nitrogen functional groups attached to an aromatic ring is 1. The molecule has 2 aromatic rings. The summed E-state index contributed by atoms with van der Waals surface area (Å²) < 4.78 is 13.4. The van der Waals surface area contributed by atoms with Gasteiger partial charge in [-0.25, -0.2) is 0 Å². The first-order valence-electron chi connectivity index (χ1n) is 5.47. The van der Waals surface area contributed by atoms with Gasteiger partial charge in [-0.3, -0.25) is 10.1 Å². The zero-order valence-corrected chi connectivity index (χ0v) is 10.7. The standard InChI is InChI=1S/C13H11FN2O2S/c14-12-6-9(4-5-13(12)16(17)18)8-19-11-3-1-2-10(15)7-11/h1-7H,8,15H2.